The smallest absolute Gasteiger partial charge is 0.330 e. The van der Waals surface area contributed by atoms with E-state index in [0.29, 0.717) is 24.8 Å². The van der Waals surface area contributed by atoms with Crippen LogP contribution in [-0.2, 0) is 52.3 Å². The lowest BCUT2D eigenvalue weighted by Gasteiger charge is -2.47. The van der Waals surface area contributed by atoms with Gasteiger partial charge in [-0.1, -0.05) is 60.6 Å². The number of aliphatic hydroxyl groups is 14. The van der Waals surface area contributed by atoms with Crippen molar-refractivity contribution in [3.63, 3.8) is 0 Å². The van der Waals surface area contributed by atoms with Gasteiger partial charge in [0.25, 0.3) is 0 Å². The van der Waals surface area contributed by atoms with Crippen LogP contribution in [0.3, 0.4) is 0 Å². The number of rotatable bonds is 15. The van der Waals surface area contributed by atoms with Gasteiger partial charge in [0.15, 0.2) is 24.1 Å². The first kappa shape index (κ1) is 87.1. The van der Waals surface area contributed by atoms with Crippen molar-refractivity contribution in [2.75, 3.05) is 0 Å². The van der Waals surface area contributed by atoms with Crippen LogP contribution in [0.15, 0.2) is 42.0 Å². The summed E-state index contributed by atoms with van der Waals surface area (Å²) >= 11 is 0. The summed E-state index contributed by atoms with van der Waals surface area (Å²) in [6, 6.07) is 4.40. The van der Waals surface area contributed by atoms with Crippen LogP contribution in [0, 0.1) is 41.4 Å². The molecule has 14 N–H and O–H groups in total. The average Bonchev–Trinajstić information content (AvgIpc) is 1.12. The van der Waals surface area contributed by atoms with Gasteiger partial charge in [-0.15, -0.1) is 0 Å². The zero-order valence-electron chi connectivity index (χ0n) is 62.6. The quantitative estimate of drug-likeness (QED) is 0.0858. The number of hydrogen-bond donors (Lipinski definition) is 14. The zero-order chi connectivity index (χ0) is 77.1. The average molecular weight is 1480 g/mol. The van der Waals surface area contributed by atoms with Crippen molar-refractivity contribution in [1.29, 1.82) is 0 Å². The van der Waals surface area contributed by atoms with Gasteiger partial charge in [0.2, 0.25) is 11.6 Å². The molecule has 5 heterocycles. The zero-order valence-corrected chi connectivity index (χ0v) is 62.6. The largest absolute Gasteiger partial charge is 0.459 e. The Hall–Kier alpha value is -4.15. The normalized spacial score (nSPS) is 40.1. The third-order valence-electron chi connectivity index (χ3n) is 22.7. The monoisotopic (exact) mass is 1480 g/mol. The van der Waals surface area contributed by atoms with Crippen LogP contribution in [0.1, 0.15) is 231 Å². The molecule has 0 aromatic heterocycles. The molecule has 0 spiro atoms. The molecule has 32 atom stereocenters. The number of ketones is 3. The number of carbonyl (C=O) groups excluding carboxylic acids is 5. The van der Waals surface area contributed by atoms with Crippen molar-refractivity contribution < 1.29 is 133 Å². The molecule has 0 unspecified atom stereocenters. The van der Waals surface area contributed by atoms with E-state index in [1.807, 2.05) is 6.92 Å². The van der Waals surface area contributed by atoms with Crippen LogP contribution >= 0.6 is 0 Å². The summed E-state index contributed by atoms with van der Waals surface area (Å²) in [4.78, 5) is 66.2. The van der Waals surface area contributed by atoms with Crippen LogP contribution in [0.4, 0.5) is 0 Å². The van der Waals surface area contributed by atoms with Crippen molar-refractivity contribution >= 4 is 29.3 Å². The minimum absolute atomic E-state index is 0.0502. The lowest BCUT2D eigenvalue weighted by atomic mass is 9.77. The van der Waals surface area contributed by atoms with Gasteiger partial charge in [-0.25, -0.2) is 4.79 Å². The van der Waals surface area contributed by atoms with E-state index in [9.17, 15) is 95.5 Å². The Balaban J connectivity index is 0.945. The summed E-state index contributed by atoms with van der Waals surface area (Å²) in [5.74, 6) is -11.4. The van der Waals surface area contributed by atoms with E-state index in [1.54, 1.807) is 69.2 Å². The first-order chi connectivity index (χ1) is 48.7. The number of aliphatic hydroxyl groups excluding tert-OH is 12. The number of allylic oxidation sites excluding steroid dienone is 2. The molecular formula is C77H122O27. The number of epoxide rings is 1. The molecule has 27 heteroatoms. The second kappa shape index (κ2) is 38.5. The third-order valence-corrected chi connectivity index (χ3v) is 22.7. The Morgan fingerprint density at radius 1 is 0.654 bits per heavy atom. The summed E-state index contributed by atoms with van der Waals surface area (Å²) in [6.07, 6.45) is -18.3. The molecule has 2 bridgehead atoms. The van der Waals surface area contributed by atoms with Crippen molar-refractivity contribution in [2.45, 2.75) is 351 Å². The number of Topliss-reactive ketones (excluding diaryl/α,β-unsaturated/α-hetero) is 2. The molecule has 0 saturated carbocycles. The highest BCUT2D eigenvalue weighted by Gasteiger charge is 2.54. The predicted octanol–water partition coefficient (Wildman–Crippen LogP) is 4.34. The fraction of sp³-hybridized carbons (Fsp3) is 0.805. The molecule has 1 aromatic carbocycles. The van der Waals surface area contributed by atoms with Crippen LogP contribution in [0.2, 0.25) is 0 Å². The fourth-order valence-corrected chi connectivity index (χ4v) is 15.8. The Bertz CT molecular complexity index is 3010. The Morgan fingerprint density at radius 2 is 1.28 bits per heavy atom. The van der Waals surface area contributed by atoms with Crippen molar-refractivity contribution in [1.82, 2.24) is 0 Å². The maximum atomic E-state index is 13.9. The lowest BCUT2D eigenvalue weighted by Crippen LogP contribution is -2.59. The standard InChI is InChI=1S/C77H122O27/c1-13-60(99-64-36-76(12,95)74(46(11)98-64)102-63-27-25-61(45(10)97-63)100-75(94)43(8)69(92)47-22-24-55-56(29-47)59(86)28-39(4)65(55)88)40(5)67(90)41(6)68(91)42(7)70-44(9)71-72(103-71)57(84)19-15-18-49(79)30-51(81)31-52(82)32-54-33-53(83)35-77(96,104-54)73(93)66(89)38(3)20-23-48(78)16-14-17-50(80)34-58(85)37(2)21-26-62(87)101-70/h21-22,24,26,28-29,37-38,40-46,48-54,57-58,60-61,63-64,66-72,74,78-85,89-92,95-96H,13-20,23,25,27,30-36H2,1-12H3/t37-,38+,40-,41+,42-,43+,44+,45+,46-,48+,49+,50+,51+,52-,53-,54+,57-,58+,60-,61-,63-,64-,66-,67-,68-,69-,70+,71-,72-,74+,76+,77+/m0/s1. The predicted molar refractivity (Wildman–Crippen MR) is 374 cm³/mol. The highest BCUT2D eigenvalue weighted by Crippen LogP contribution is 2.42. The lowest BCUT2D eigenvalue weighted by molar-refractivity contribution is -0.330. The molecule has 1 aliphatic carbocycles. The van der Waals surface area contributed by atoms with Crippen LogP contribution < -0.4 is 0 Å². The summed E-state index contributed by atoms with van der Waals surface area (Å²) in [6.45, 7) is 20.0. The topological polar surface area (TPSA) is 446 Å². The molecule has 7 rings (SSSR count). The molecule has 0 radical (unpaired) electrons. The molecule has 1 aromatic rings. The van der Waals surface area contributed by atoms with E-state index in [-0.39, 0.29) is 118 Å². The Morgan fingerprint density at radius 3 is 1.94 bits per heavy atom. The van der Waals surface area contributed by atoms with Crippen LogP contribution in [0.25, 0.3) is 0 Å². The van der Waals surface area contributed by atoms with Gasteiger partial charge in [-0.3, -0.25) is 19.2 Å². The highest BCUT2D eigenvalue weighted by atomic mass is 16.7. The van der Waals surface area contributed by atoms with Gasteiger partial charge < -0.3 is 109 Å². The van der Waals surface area contributed by atoms with E-state index >= 15 is 0 Å². The van der Waals surface area contributed by atoms with Crippen molar-refractivity contribution in [3.05, 3.63) is 58.7 Å². The van der Waals surface area contributed by atoms with Crippen molar-refractivity contribution in [2.24, 2.45) is 41.4 Å². The summed E-state index contributed by atoms with van der Waals surface area (Å²) in [7, 11) is 0. The molecular weight excluding hydrogens is 1360 g/mol. The van der Waals surface area contributed by atoms with Gasteiger partial charge in [0.1, 0.15) is 30.5 Å². The second-order valence-corrected chi connectivity index (χ2v) is 31.6. The van der Waals surface area contributed by atoms with Crippen LogP contribution in [0.5, 0.6) is 0 Å². The molecule has 6 aliphatic rings. The second-order valence-electron chi connectivity index (χ2n) is 31.6. The van der Waals surface area contributed by atoms with E-state index < -0.39 is 218 Å². The number of hydrogen-bond acceptors (Lipinski definition) is 27. The number of ether oxygens (including phenoxy) is 8. The van der Waals surface area contributed by atoms with Gasteiger partial charge in [-0.2, -0.15) is 0 Å². The van der Waals surface area contributed by atoms with Gasteiger partial charge in [0.05, 0.1) is 109 Å². The molecule has 27 nitrogen and oxygen atoms in total. The van der Waals surface area contributed by atoms with Gasteiger partial charge >= 0.3 is 11.9 Å². The van der Waals surface area contributed by atoms with E-state index in [0.717, 1.165) is 6.08 Å². The minimum atomic E-state index is -2.58. The van der Waals surface area contributed by atoms with Crippen molar-refractivity contribution in [3.8, 4) is 0 Å². The number of cyclic esters (lactones) is 1. The molecule has 0 amide bonds. The van der Waals surface area contributed by atoms with Crippen LogP contribution in [-0.4, -0.2) is 247 Å². The number of benzene rings is 1. The van der Waals surface area contributed by atoms with Gasteiger partial charge in [-0.05, 0) is 161 Å². The number of fused-ring (bicyclic) bond motifs is 4. The first-order valence-electron chi connectivity index (χ1n) is 37.9. The number of carbonyl (C=O) groups is 5. The highest BCUT2D eigenvalue weighted by molar-refractivity contribution is 6.24. The van der Waals surface area contributed by atoms with E-state index in [2.05, 4.69) is 0 Å². The summed E-state index contributed by atoms with van der Waals surface area (Å²) < 4.78 is 49.3. The number of esters is 2. The van der Waals surface area contributed by atoms with E-state index in [4.69, 9.17) is 37.9 Å². The minimum Gasteiger partial charge on any atom is -0.459 e. The third kappa shape index (κ3) is 23.2. The summed E-state index contributed by atoms with van der Waals surface area (Å²) in [5.41, 5.74) is -0.572. The fourth-order valence-electron chi connectivity index (χ4n) is 15.8. The first-order valence-corrected chi connectivity index (χ1v) is 37.9. The molecule has 4 fully saturated rings. The maximum absolute atomic E-state index is 13.9. The summed E-state index contributed by atoms with van der Waals surface area (Å²) in [5, 5.41) is 158. The Kier molecular flexibility index (Phi) is 32.2. The molecule has 5 aliphatic heterocycles. The molecule has 104 heavy (non-hydrogen) atoms. The molecule has 592 valence electrons. The SMILES string of the molecule is CC[C@H](O[C@H]1C[C@@](C)(O)[C@H](O[C@H]2CC[C@H](OC(=O)[C@H](C)[C@H](O)c3ccc4c(c3)C(=O)C=C(C)C4=O)[C@@H](C)O2)[C@H](C)O1)[C@H](C)[C@H](O)[C@@H](C)[C@H](O)[C@H](C)[C@H]1OC(=O)C=C[C@H](C)[C@H](O)C[C@H](O)CCC[C@@H](O)CC[C@@H](C)[C@H](O)C(=O)[C@@]2(O)C[C@@H](O)C[C@@H](C[C@@H](O)C[C@H](O)C[C@H](O)CCC[C@H](O)[C@@H]3O[C@H]3[C@@H]1C)O2. The Labute approximate surface area is 611 Å². The van der Waals surface area contributed by atoms with E-state index in [1.165, 1.54) is 37.3 Å². The van der Waals surface area contributed by atoms with Gasteiger partial charge in [0, 0.05) is 71.6 Å². The maximum Gasteiger partial charge on any atom is 0.330 e. The molecule has 4 saturated heterocycles.